The lowest BCUT2D eigenvalue weighted by Crippen LogP contribution is -2.62. The predicted octanol–water partition coefficient (Wildman–Crippen LogP) is 4.29. The van der Waals surface area contributed by atoms with Gasteiger partial charge in [0.25, 0.3) is 0 Å². The number of hydrogen-bond acceptors (Lipinski definition) is 2. The van der Waals surface area contributed by atoms with Crippen LogP contribution in [0.5, 0.6) is 0 Å². The van der Waals surface area contributed by atoms with Gasteiger partial charge in [-0.15, -0.1) is 0 Å². The average molecular weight is 312 g/mol. The Hall–Kier alpha value is -1.06. The summed E-state index contributed by atoms with van der Waals surface area (Å²) in [7, 11) is 0. The molecular weight excluding hydrogens is 280 g/mol. The molecule has 0 saturated heterocycles. The summed E-state index contributed by atoms with van der Waals surface area (Å²) in [4.78, 5) is 24.8. The predicted molar refractivity (Wildman–Crippen MR) is 86.6 cm³/mol. The molecule has 4 atom stereocenters. The van der Waals surface area contributed by atoms with E-state index in [1.54, 1.807) is 0 Å². The topological polar surface area (TPSA) is 74.6 Å². The highest BCUT2D eigenvalue weighted by molar-refractivity contribution is 5.87. The lowest BCUT2D eigenvalue weighted by Gasteiger charge is -2.56. The fourth-order valence-electron chi connectivity index (χ4n) is 4.90. The number of carboxylic acid groups (broad SMARTS) is 2. The van der Waals surface area contributed by atoms with Crippen LogP contribution in [0.4, 0.5) is 0 Å². The first-order chi connectivity index (χ1) is 10.0. The Morgan fingerprint density at radius 3 is 1.32 bits per heavy atom. The molecule has 1 fully saturated rings. The molecule has 1 aliphatic rings. The van der Waals surface area contributed by atoms with E-state index in [-0.39, 0.29) is 23.7 Å². The van der Waals surface area contributed by atoms with Crippen molar-refractivity contribution in [3.05, 3.63) is 0 Å². The van der Waals surface area contributed by atoms with Crippen molar-refractivity contribution in [3.8, 4) is 0 Å². The van der Waals surface area contributed by atoms with Crippen molar-refractivity contribution in [2.75, 3.05) is 0 Å². The molecule has 0 heterocycles. The van der Waals surface area contributed by atoms with E-state index in [1.165, 1.54) is 0 Å². The molecule has 4 nitrogen and oxygen atoms in total. The molecule has 4 heteroatoms. The summed E-state index contributed by atoms with van der Waals surface area (Å²) < 4.78 is 0. The van der Waals surface area contributed by atoms with Gasteiger partial charge in [-0.2, -0.15) is 0 Å². The van der Waals surface area contributed by atoms with Crippen LogP contribution in [0.3, 0.4) is 0 Å². The summed E-state index contributed by atoms with van der Waals surface area (Å²) in [6.45, 7) is 11.8. The fourth-order valence-corrected chi connectivity index (χ4v) is 4.90. The van der Waals surface area contributed by atoms with Crippen molar-refractivity contribution < 1.29 is 19.8 Å². The standard InChI is InChI=1S/C18H32O4/c1-11(2)9-17(15(19)20)13(5)7-8-14(6)18(17,16(21)22)10-12(3)4/h11-14H,7-10H2,1-6H3,(H,19,20)(H,21,22). The molecule has 2 N–H and O–H groups in total. The van der Waals surface area contributed by atoms with Crippen LogP contribution in [0.25, 0.3) is 0 Å². The van der Waals surface area contributed by atoms with Gasteiger partial charge in [0.2, 0.25) is 0 Å². The van der Waals surface area contributed by atoms with Gasteiger partial charge in [0, 0.05) is 0 Å². The third-order valence-corrected chi connectivity index (χ3v) is 5.74. The van der Waals surface area contributed by atoms with Gasteiger partial charge in [-0.3, -0.25) is 9.59 Å². The molecule has 1 aliphatic carbocycles. The summed E-state index contributed by atoms with van der Waals surface area (Å²) in [5, 5.41) is 20.3. The fraction of sp³-hybridized carbons (Fsp3) is 0.889. The van der Waals surface area contributed by atoms with Crippen LogP contribution in [0, 0.1) is 34.5 Å². The smallest absolute Gasteiger partial charge is 0.311 e. The minimum Gasteiger partial charge on any atom is -0.481 e. The number of carbonyl (C=O) groups is 2. The Morgan fingerprint density at radius 1 is 0.864 bits per heavy atom. The zero-order valence-corrected chi connectivity index (χ0v) is 14.8. The van der Waals surface area contributed by atoms with Crippen LogP contribution in [-0.4, -0.2) is 22.2 Å². The number of aliphatic carboxylic acids is 2. The van der Waals surface area contributed by atoms with Gasteiger partial charge in [-0.1, -0.05) is 41.5 Å². The number of rotatable bonds is 6. The third kappa shape index (κ3) is 2.77. The summed E-state index contributed by atoms with van der Waals surface area (Å²) >= 11 is 0. The molecule has 0 bridgehead atoms. The Kier molecular flexibility index (Phi) is 5.69. The highest BCUT2D eigenvalue weighted by Crippen LogP contribution is 2.62. The normalized spacial score (nSPS) is 35.8. The molecule has 1 saturated carbocycles. The molecule has 0 spiro atoms. The van der Waals surface area contributed by atoms with Crippen molar-refractivity contribution in [1.82, 2.24) is 0 Å². The minimum absolute atomic E-state index is 0.126. The van der Waals surface area contributed by atoms with E-state index >= 15 is 0 Å². The van der Waals surface area contributed by atoms with Gasteiger partial charge in [-0.25, -0.2) is 0 Å². The van der Waals surface area contributed by atoms with Gasteiger partial charge in [0.1, 0.15) is 0 Å². The lowest BCUT2D eigenvalue weighted by atomic mass is 9.44. The molecule has 0 aromatic rings. The summed E-state index contributed by atoms with van der Waals surface area (Å²) in [5.41, 5.74) is -2.37. The van der Waals surface area contributed by atoms with Crippen molar-refractivity contribution >= 4 is 11.9 Å². The largest absolute Gasteiger partial charge is 0.481 e. The van der Waals surface area contributed by atoms with Gasteiger partial charge in [0.05, 0.1) is 10.8 Å². The molecule has 1 rings (SSSR count). The first-order valence-electron chi connectivity index (χ1n) is 8.49. The summed E-state index contributed by atoms with van der Waals surface area (Å²) in [6.07, 6.45) is 2.42. The maximum absolute atomic E-state index is 12.4. The molecule has 22 heavy (non-hydrogen) atoms. The number of hydrogen-bond donors (Lipinski definition) is 2. The zero-order valence-electron chi connectivity index (χ0n) is 14.8. The lowest BCUT2D eigenvalue weighted by molar-refractivity contribution is -0.200. The van der Waals surface area contributed by atoms with Gasteiger partial charge in [-0.05, 0) is 49.4 Å². The summed E-state index contributed by atoms with van der Waals surface area (Å²) in [6, 6.07) is 0. The average Bonchev–Trinajstić information content (AvgIpc) is 2.36. The molecule has 0 radical (unpaired) electrons. The van der Waals surface area contributed by atoms with Gasteiger partial charge >= 0.3 is 11.9 Å². The monoisotopic (exact) mass is 312 g/mol. The summed E-state index contributed by atoms with van der Waals surface area (Å²) in [5.74, 6) is -1.81. The van der Waals surface area contributed by atoms with E-state index in [2.05, 4.69) is 0 Å². The van der Waals surface area contributed by atoms with Crippen molar-refractivity contribution in [3.63, 3.8) is 0 Å². The second kappa shape index (κ2) is 6.59. The van der Waals surface area contributed by atoms with Crippen molar-refractivity contribution in [2.24, 2.45) is 34.5 Å². The van der Waals surface area contributed by atoms with Crippen LogP contribution in [0.15, 0.2) is 0 Å². The van der Waals surface area contributed by atoms with E-state index in [0.717, 1.165) is 12.8 Å². The van der Waals surface area contributed by atoms with Crippen molar-refractivity contribution in [1.29, 1.82) is 0 Å². The second-order valence-electron chi connectivity index (χ2n) is 8.13. The molecule has 128 valence electrons. The second-order valence-corrected chi connectivity index (χ2v) is 8.13. The molecule has 4 unspecified atom stereocenters. The third-order valence-electron chi connectivity index (χ3n) is 5.74. The SMILES string of the molecule is CC(C)CC1(C(=O)O)C(C)CCC(C)C1(CC(C)C)C(=O)O. The van der Waals surface area contributed by atoms with Crippen LogP contribution in [0.2, 0.25) is 0 Å². The van der Waals surface area contributed by atoms with Crippen LogP contribution < -0.4 is 0 Å². The highest BCUT2D eigenvalue weighted by atomic mass is 16.4. The molecule has 0 aromatic heterocycles. The van der Waals surface area contributed by atoms with E-state index in [9.17, 15) is 19.8 Å². The first-order valence-corrected chi connectivity index (χ1v) is 8.49. The number of carboxylic acids is 2. The molecule has 0 aromatic carbocycles. The maximum Gasteiger partial charge on any atom is 0.311 e. The highest BCUT2D eigenvalue weighted by Gasteiger charge is 2.67. The van der Waals surface area contributed by atoms with Crippen molar-refractivity contribution in [2.45, 2.75) is 67.2 Å². The molecule has 0 aliphatic heterocycles. The molecule has 0 amide bonds. The molecular formula is C18H32O4. The van der Waals surface area contributed by atoms with E-state index < -0.39 is 22.8 Å². The zero-order chi connectivity index (χ0) is 17.3. The Balaban J connectivity index is 3.65. The van der Waals surface area contributed by atoms with Crippen LogP contribution in [0.1, 0.15) is 67.2 Å². The van der Waals surface area contributed by atoms with Gasteiger partial charge in [0.15, 0.2) is 0 Å². The van der Waals surface area contributed by atoms with Crippen LogP contribution >= 0.6 is 0 Å². The van der Waals surface area contributed by atoms with Gasteiger partial charge < -0.3 is 10.2 Å². The van der Waals surface area contributed by atoms with Crippen LogP contribution in [-0.2, 0) is 9.59 Å². The Morgan fingerprint density at radius 2 is 1.14 bits per heavy atom. The van der Waals surface area contributed by atoms with E-state index in [4.69, 9.17) is 0 Å². The minimum atomic E-state index is -1.19. The maximum atomic E-state index is 12.4. The van der Waals surface area contributed by atoms with E-state index in [0.29, 0.717) is 12.8 Å². The Labute approximate surface area is 134 Å². The Bertz CT molecular complexity index is 389. The first kappa shape index (κ1) is 19.0. The quantitative estimate of drug-likeness (QED) is 0.767. The van der Waals surface area contributed by atoms with E-state index in [1.807, 2.05) is 41.5 Å².